The maximum atomic E-state index is 12.5. The molecule has 0 aliphatic heterocycles. The predicted octanol–water partition coefficient (Wildman–Crippen LogP) is 4.59. The summed E-state index contributed by atoms with van der Waals surface area (Å²) >= 11 is 0. The topological polar surface area (TPSA) is 66.9 Å². The van der Waals surface area contributed by atoms with Crippen LogP contribution < -0.4 is 10.6 Å². The standard InChI is InChI=1S/C21H26N4O/c1-2-17-10-6-7-11-18(17)25-21(26)19-14-20(24-15-23-19)22-13-12-16-8-4-3-5-9-16/h6-8,10-11,14-15H,2-5,9,12-13H2,1H3,(H,25,26)(H,22,23,24). The van der Waals surface area contributed by atoms with Gasteiger partial charge in [-0.3, -0.25) is 4.79 Å². The van der Waals surface area contributed by atoms with Crippen LogP contribution in [0.25, 0.3) is 0 Å². The Labute approximate surface area is 155 Å². The highest BCUT2D eigenvalue weighted by molar-refractivity contribution is 6.03. The van der Waals surface area contributed by atoms with Gasteiger partial charge in [-0.25, -0.2) is 9.97 Å². The number of allylic oxidation sites excluding steroid dienone is 1. The molecule has 0 fully saturated rings. The average Bonchev–Trinajstić information content (AvgIpc) is 2.69. The van der Waals surface area contributed by atoms with Crippen LogP contribution in [-0.4, -0.2) is 22.4 Å². The van der Waals surface area contributed by atoms with Crippen LogP contribution in [-0.2, 0) is 6.42 Å². The van der Waals surface area contributed by atoms with E-state index >= 15 is 0 Å². The van der Waals surface area contributed by atoms with Gasteiger partial charge in [-0.1, -0.05) is 36.8 Å². The molecular weight excluding hydrogens is 324 g/mol. The summed E-state index contributed by atoms with van der Waals surface area (Å²) in [6.45, 7) is 2.89. The first-order valence-electron chi connectivity index (χ1n) is 9.39. The van der Waals surface area contributed by atoms with Gasteiger partial charge < -0.3 is 10.6 Å². The third-order valence-electron chi connectivity index (χ3n) is 4.68. The Hall–Kier alpha value is -2.69. The molecule has 0 atom stereocenters. The van der Waals surface area contributed by atoms with Gasteiger partial charge >= 0.3 is 0 Å². The lowest BCUT2D eigenvalue weighted by Gasteiger charge is -2.13. The largest absolute Gasteiger partial charge is 0.370 e. The normalized spacial score (nSPS) is 13.8. The fourth-order valence-corrected chi connectivity index (χ4v) is 3.20. The molecule has 1 aliphatic carbocycles. The van der Waals surface area contributed by atoms with Crippen molar-refractivity contribution in [1.29, 1.82) is 0 Å². The number of anilines is 2. The zero-order valence-electron chi connectivity index (χ0n) is 15.3. The Bertz CT molecular complexity index is 785. The number of rotatable bonds is 7. The molecule has 1 aromatic carbocycles. The number of nitrogens with zero attached hydrogens (tertiary/aromatic N) is 2. The summed E-state index contributed by atoms with van der Waals surface area (Å²) in [6.07, 6.45) is 10.7. The number of hydrogen-bond acceptors (Lipinski definition) is 4. The molecule has 2 aromatic rings. The smallest absolute Gasteiger partial charge is 0.274 e. The minimum Gasteiger partial charge on any atom is -0.370 e. The first-order chi connectivity index (χ1) is 12.8. The molecule has 26 heavy (non-hydrogen) atoms. The van der Waals surface area contributed by atoms with E-state index in [0.29, 0.717) is 11.5 Å². The predicted molar refractivity (Wildman–Crippen MR) is 105 cm³/mol. The van der Waals surface area contributed by atoms with Crippen LogP contribution >= 0.6 is 0 Å². The monoisotopic (exact) mass is 350 g/mol. The number of para-hydroxylation sites is 1. The number of nitrogens with one attached hydrogen (secondary N) is 2. The number of aromatic nitrogens is 2. The molecule has 0 saturated carbocycles. The fourth-order valence-electron chi connectivity index (χ4n) is 3.20. The molecule has 1 aliphatic rings. The first kappa shape index (κ1) is 18.1. The molecule has 136 valence electrons. The maximum absolute atomic E-state index is 12.5. The minimum absolute atomic E-state index is 0.216. The van der Waals surface area contributed by atoms with Crippen LogP contribution in [0.4, 0.5) is 11.5 Å². The second-order valence-electron chi connectivity index (χ2n) is 6.54. The van der Waals surface area contributed by atoms with E-state index < -0.39 is 0 Å². The van der Waals surface area contributed by atoms with E-state index in [-0.39, 0.29) is 5.91 Å². The molecule has 0 spiro atoms. The van der Waals surface area contributed by atoms with Crippen molar-refractivity contribution in [3.8, 4) is 0 Å². The Kier molecular flexibility index (Phi) is 6.36. The van der Waals surface area contributed by atoms with Crippen LogP contribution in [0.5, 0.6) is 0 Å². The van der Waals surface area contributed by atoms with E-state index in [1.807, 2.05) is 24.3 Å². The van der Waals surface area contributed by atoms with Crippen molar-refractivity contribution in [1.82, 2.24) is 9.97 Å². The van der Waals surface area contributed by atoms with Crippen molar-refractivity contribution < 1.29 is 4.79 Å². The molecule has 1 amide bonds. The number of carbonyl (C=O) groups is 1. The van der Waals surface area contributed by atoms with E-state index in [9.17, 15) is 4.79 Å². The summed E-state index contributed by atoms with van der Waals surface area (Å²) in [5, 5.41) is 6.25. The molecule has 0 bridgehead atoms. The van der Waals surface area contributed by atoms with Crippen molar-refractivity contribution in [2.45, 2.75) is 45.4 Å². The molecule has 1 aromatic heterocycles. The maximum Gasteiger partial charge on any atom is 0.274 e. The molecule has 5 heteroatoms. The number of hydrogen-bond donors (Lipinski definition) is 2. The van der Waals surface area contributed by atoms with Crippen molar-refractivity contribution in [3.63, 3.8) is 0 Å². The number of amides is 1. The van der Waals surface area contributed by atoms with Gasteiger partial charge in [-0.15, -0.1) is 0 Å². The van der Waals surface area contributed by atoms with Crippen molar-refractivity contribution >= 4 is 17.4 Å². The van der Waals surface area contributed by atoms with E-state index in [1.165, 1.54) is 37.6 Å². The Morgan fingerprint density at radius 2 is 2.08 bits per heavy atom. The summed E-state index contributed by atoms with van der Waals surface area (Å²) in [4.78, 5) is 20.9. The lowest BCUT2D eigenvalue weighted by atomic mass is 9.97. The van der Waals surface area contributed by atoms with Crippen LogP contribution in [0.2, 0.25) is 0 Å². The third kappa shape index (κ3) is 4.91. The average molecular weight is 350 g/mol. The molecule has 0 unspecified atom stereocenters. The highest BCUT2D eigenvalue weighted by Crippen LogP contribution is 2.20. The highest BCUT2D eigenvalue weighted by Gasteiger charge is 2.11. The molecule has 5 nitrogen and oxygen atoms in total. The Morgan fingerprint density at radius 3 is 2.88 bits per heavy atom. The molecule has 0 saturated heterocycles. The van der Waals surface area contributed by atoms with E-state index in [2.05, 4.69) is 33.6 Å². The molecule has 3 rings (SSSR count). The van der Waals surface area contributed by atoms with E-state index in [1.54, 1.807) is 6.07 Å². The lowest BCUT2D eigenvalue weighted by Crippen LogP contribution is -2.16. The number of aryl methyl sites for hydroxylation is 1. The van der Waals surface area contributed by atoms with Gasteiger partial charge in [0.1, 0.15) is 17.8 Å². The molecule has 1 heterocycles. The summed E-state index contributed by atoms with van der Waals surface area (Å²) in [5.74, 6) is 0.469. The first-order valence-corrected chi connectivity index (χ1v) is 9.39. The number of carbonyl (C=O) groups excluding carboxylic acids is 1. The summed E-state index contributed by atoms with van der Waals surface area (Å²) in [5.41, 5.74) is 3.82. The quantitative estimate of drug-likeness (QED) is 0.717. The molecular formula is C21H26N4O. The summed E-state index contributed by atoms with van der Waals surface area (Å²) in [6, 6.07) is 9.53. The van der Waals surface area contributed by atoms with Crippen LogP contribution in [0.3, 0.4) is 0 Å². The summed E-state index contributed by atoms with van der Waals surface area (Å²) < 4.78 is 0. The Balaban J connectivity index is 1.59. The van der Waals surface area contributed by atoms with Crippen LogP contribution in [0.15, 0.2) is 48.3 Å². The SMILES string of the molecule is CCc1ccccc1NC(=O)c1cc(NCCC2=CCCCC2)ncn1. The van der Waals surface area contributed by atoms with Gasteiger partial charge in [0.15, 0.2) is 0 Å². The van der Waals surface area contributed by atoms with Gasteiger partial charge in [0.05, 0.1) is 0 Å². The molecule has 2 N–H and O–H groups in total. The van der Waals surface area contributed by atoms with E-state index in [4.69, 9.17) is 0 Å². The van der Waals surface area contributed by atoms with Gasteiger partial charge in [0.2, 0.25) is 0 Å². The fraction of sp³-hybridized carbons (Fsp3) is 0.381. The highest BCUT2D eigenvalue weighted by atomic mass is 16.1. The van der Waals surface area contributed by atoms with Gasteiger partial charge in [-0.2, -0.15) is 0 Å². The zero-order chi connectivity index (χ0) is 18.2. The number of benzene rings is 1. The second kappa shape index (κ2) is 9.13. The van der Waals surface area contributed by atoms with Gasteiger partial charge in [0, 0.05) is 18.3 Å². The minimum atomic E-state index is -0.216. The lowest BCUT2D eigenvalue weighted by molar-refractivity contribution is 0.102. The Morgan fingerprint density at radius 1 is 1.19 bits per heavy atom. The molecule has 0 radical (unpaired) electrons. The third-order valence-corrected chi connectivity index (χ3v) is 4.68. The van der Waals surface area contributed by atoms with Crippen molar-refractivity contribution in [3.05, 3.63) is 59.6 Å². The van der Waals surface area contributed by atoms with Crippen molar-refractivity contribution in [2.24, 2.45) is 0 Å². The van der Waals surface area contributed by atoms with Crippen LogP contribution in [0, 0.1) is 0 Å². The van der Waals surface area contributed by atoms with Crippen molar-refractivity contribution in [2.75, 3.05) is 17.2 Å². The van der Waals surface area contributed by atoms with Gasteiger partial charge in [-0.05, 0) is 50.2 Å². The van der Waals surface area contributed by atoms with E-state index in [0.717, 1.165) is 30.6 Å². The summed E-state index contributed by atoms with van der Waals surface area (Å²) in [7, 11) is 0. The van der Waals surface area contributed by atoms with Crippen LogP contribution in [0.1, 0.15) is 55.1 Å². The zero-order valence-corrected chi connectivity index (χ0v) is 15.3. The van der Waals surface area contributed by atoms with Gasteiger partial charge in [0.25, 0.3) is 5.91 Å². The second-order valence-corrected chi connectivity index (χ2v) is 6.54.